The molecule has 172 valence electrons. The first-order valence-corrected chi connectivity index (χ1v) is 11.8. The van der Waals surface area contributed by atoms with E-state index >= 15 is 0 Å². The maximum absolute atomic E-state index is 12.9. The molecule has 1 aliphatic carbocycles. The molecule has 0 atom stereocenters. The zero-order chi connectivity index (χ0) is 22.7. The van der Waals surface area contributed by atoms with Crippen LogP contribution < -0.4 is 10.6 Å². The van der Waals surface area contributed by atoms with Crippen molar-refractivity contribution in [3.8, 4) is 0 Å². The Morgan fingerprint density at radius 2 is 2.09 bits per heavy atom. The number of anilines is 1. The normalized spacial score (nSPS) is 15.8. The molecule has 0 radical (unpaired) electrons. The first-order valence-electron chi connectivity index (χ1n) is 10.9. The number of carbonyl (C=O) groups excluding carboxylic acids is 3. The third-order valence-corrected chi connectivity index (χ3v) is 6.72. The molecule has 0 bridgehead atoms. The molecule has 0 saturated heterocycles. The maximum atomic E-state index is 12.9. The van der Waals surface area contributed by atoms with Gasteiger partial charge in [0, 0.05) is 62.2 Å². The number of nitrogens with zero attached hydrogens (tertiary/aromatic N) is 3. The highest BCUT2D eigenvalue weighted by Gasteiger charge is 2.31. The topological polar surface area (TPSA) is 106 Å². The smallest absolute Gasteiger partial charge is 0.307 e. The third-order valence-electron chi connectivity index (χ3n) is 5.74. The molecule has 1 saturated carbocycles. The van der Waals surface area contributed by atoms with Crippen molar-refractivity contribution in [3.63, 3.8) is 0 Å². The minimum absolute atomic E-state index is 0.0769. The third kappa shape index (κ3) is 5.55. The van der Waals surface area contributed by atoms with Crippen molar-refractivity contribution in [1.82, 2.24) is 20.0 Å². The lowest BCUT2D eigenvalue weighted by atomic mass is 10.0. The van der Waals surface area contributed by atoms with Gasteiger partial charge in [-0.3, -0.25) is 24.0 Å². The van der Waals surface area contributed by atoms with Crippen LogP contribution in [0.1, 0.15) is 52.8 Å². The van der Waals surface area contributed by atoms with Crippen LogP contribution in [0.2, 0.25) is 0 Å². The van der Waals surface area contributed by atoms with E-state index in [0.717, 1.165) is 47.2 Å². The molecule has 2 N–H and O–H groups in total. The number of nitrogens with one attached hydrogen (secondary N) is 2. The van der Waals surface area contributed by atoms with E-state index in [9.17, 15) is 14.4 Å². The molecule has 1 fully saturated rings. The van der Waals surface area contributed by atoms with E-state index in [0.29, 0.717) is 18.2 Å². The average molecular weight is 460 g/mol. The van der Waals surface area contributed by atoms with Gasteiger partial charge in [-0.1, -0.05) is 0 Å². The van der Waals surface area contributed by atoms with Crippen molar-refractivity contribution in [2.45, 2.75) is 52.2 Å². The minimum Gasteiger partial charge on any atom is -0.469 e. The highest BCUT2D eigenvalue weighted by Crippen LogP contribution is 2.33. The highest BCUT2D eigenvalue weighted by molar-refractivity contribution is 7.16. The van der Waals surface area contributed by atoms with Crippen molar-refractivity contribution >= 4 is 34.1 Å². The molecule has 1 aliphatic heterocycles. The number of carbonyl (C=O) groups is 3. The summed E-state index contributed by atoms with van der Waals surface area (Å²) in [6.07, 6.45) is 3.41. The van der Waals surface area contributed by atoms with Gasteiger partial charge >= 0.3 is 5.97 Å². The molecule has 2 aromatic heterocycles. The van der Waals surface area contributed by atoms with E-state index < -0.39 is 0 Å². The van der Waals surface area contributed by atoms with Gasteiger partial charge in [0.2, 0.25) is 5.91 Å². The molecule has 9 nitrogen and oxygen atoms in total. The van der Waals surface area contributed by atoms with Crippen LogP contribution >= 0.6 is 11.3 Å². The Labute approximate surface area is 191 Å². The van der Waals surface area contributed by atoms with Crippen molar-refractivity contribution in [1.29, 1.82) is 0 Å². The van der Waals surface area contributed by atoms with Gasteiger partial charge in [-0.25, -0.2) is 0 Å². The summed E-state index contributed by atoms with van der Waals surface area (Å²) in [5.74, 6) is -0.0181. The molecule has 0 spiro atoms. The summed E-state index contributed by atoms with van der Waals surface area (Å²) in [4.78, 5) is 39.0. The Bertz CT molecular complexity index is 1010. The van der Waals surface area contributed by atoms with Gasteiger partial charge < -0.3 is 15.4 Å². The minimum atomic E-state index is -0.354. The predicted molar refractivity (Wildman–Crippen MR) is 120 cm³/mol. The van der Waals surface area contributed by atoms with Gasteiger partial charge in [-0.2, -0.15) is 5.10 Å². The van der Waals surface area contributed by atoms with Crippen LogP contribution in [0.4, 0.5) is 5.00 Å². The lowest BCUT2D eigenvalue weighted by Crippen LogP contribution is -2.32. The molecule has 32 heavy (non-hydrogen) atoms. The van der Waals surface area contributed by atoms with E-state index in [1.165, 1.54) is 26.9 Å². The number of rotatable bonds is 9. The van der Waals surface area contributed by atoms with E-state index in [-0.39, 0.29) is 30.7 Å². The number of amides is 2. The molecule has 2 amide bonds. The highest BCUT2D eigenvalue weighted by atomic mass is 32.1. The number of ether oxygens (including phenoxy) is 1. The lowest BCUT2D eigenvalue weighted by molar-refractivity contribution is -0.140. The second kappa shape index (κ2) is 9.83. The van der Waals surface area contributed by atoms with Crippen LogP contribution in [0.15, 0.2) is 12.1 Å². The number of aromatic nitrogens is 2. The Hall–Kier alpha value is -2.72. The Morgan fingerprint density at radius 3 is 2.81 bits per heavy atom. The Balaban J connectivity index is 1.46. The second-order valence-electron chi connectivity index (χ2n) is 8.39. The fourth-order valence-electron chi connectivity index (χ4n) is 3.95. The molecule has 10 heteroatoms. The first-order chi connectivity index (χ1) is 15.4. The molecule has 0 unspecified atom stereocenters. The number of fused-ring (bicyclic) bond motifs is 1. The standard InChI is InChI=1S/C22H29N5O4S/c1-14(28)24-19-6-5-16(32-19)12-26-10-8-18-17(13-26)21(25-27(18)11-15-3-4-15)22(30)23-9-7-20(29)31-2/h5-6,15H,3-4,7-13H2,1-2H3,(H,23,30)(H,24,28). The Morgan fingerprint density at radius 1 is 1.28 bits per heavy atom. The summed E-state index contributed by atoms with van der Waals surface area (Å²) in [5.41, 5.74) is 2.59. The van der Waals surface area contributed by atoms with Gasteiger partial charge in [0.25, 0.3) is 5.91 Å². The zero-order valence-corrected chi connectivity index (χ0v) is 19.3. The van der Waals surface area contributed by atoms with Crippen molar-refractivity contribution in [2.75, 3.05) is 25.5 Å². The number of methoxy groups -OCH3 is 1. The van der Waals surface area contributed by atoms with E-state index in [4.69, 9.17) is 0 Å². The van der Waals surface area contributed by atoms with Crippen LogP contribution in [0.25, 0.3) is 0 Å². The maximum Gasteiger partial charge on any atom is 0.307 e. The van der Waals surface area contributed by atoms with Gasteiger partial charge in [0.1, 0.15) is 0 Å². The van der Waals surface area contributed by atoms with Crippen molar-refractivity contribution in [2.24, 2.45) is 5.92 Å². The predicted octanol–water partition coefficient (Wildman–Crippen LogP) is 2.16. The lowest BCUT2D eigenvalue weighted by Gasteiger charge is -2.27. The summed E-state index contributed by atoms with van der Waals surface area (Å²) in [6, 6.07) is 3.95. The van der Waals surface area contributed by atoms with Crippen molar-refractivity contribution in [3.05, 3.63) is 34.0 Å². The molecule has 2 aliphatic rings. The first kappa shape index (κ1) is 22.5. The number of hydrogen-bond acceptors (Lipinski definition) is 7. The van der Waals surface area contributed by atoms with Gasteiger partial charge in [-0.05, 0) is 30.9 Å². The van der Waals surface area contributed by atoms with E-state index in [2.05, 4.69) is 25.4 Å². The number of thiophene rings is 1. The monoisotopic (exact) mass is 459 g/mol. The zero-order valence-electron chi connectivity index (χ0n) is 18.5. The van der Waals surface area contributed by atoms with E-state index in [1.54, 1.807) is 11.3 Å². The quantitative estimate of drug-likeness (QED) is 0.557. The second-order valence-corrected chi connectivity index (χ2v) is 9.56. The molecule has 4 rings (SSSR count). The van der Waals surface area contributed by atoms with Crippen LogP contribution in [-0.2, 0) is 40.4 Å². The fraction of sp³-hybridized carbons (Fsp3) is 0.545. The number of esters is 1. The summed E-state index contributed by atoms with van der Waals surface area (Å²) >= 11 is 1.57. The van der Waals surface area contributed by atoms with E-state index in [1.807, 2.05) is 16.8 Å². The van der Waals surface area contributed by atoms with Crippen molar-refractivity contribution < 1.29 is 19.1 Å². The molecule has 0 aromatic carbocycles. The van der Waals surface area contributed by atoms with Crippen LogP contribution in [0, 0.1) is 5.92 Å². The van der Waals surface area contributed by atoms with Gasteiger partial charge in [0.05, 0.1) is 18.5 Å². The molecule has 2 aromatic rings. The number of hydrogen-bond donors (Lipinski definition) is 2. The van der Waals surface area contributed by atoms with Crippen LogP contribution in [0.5, 0.6) is 0 Å². The van der Waals surface area contributed by atoms with Gasteiger partial charge in [-0.15, -0.1) is 11.3 Å². The molecular formula is C22H29N5O4S. The SMILES string of the molecule is COC(=O)CCNC(=O)c1nn(CC2CC2)c2c1CN(Cc1ccc(NC(C)=O)s1)CC2. The average Bonchev–Trinajstić information content (AvgIpc) is 3.36. The largest absolute Gasteiger partial charge is 0.469 e. The summed E-state index contributed by atoms with van der Waals surface area (Å²) < 4.78 is 6.67. The fourth-order valence-corrected chi connectivity index (χ4v) is 4.94. The summed E-state index contributed by atoms with van der Waals surface area (Å²) in [7, 11) is 1.33. The molecule has 3 heterocycles. The van der Waals surface area contributed by atoms with Gasteiger partial charge in [0.15, 0.2) is 5.69 Å². The van der Waals surface area contributed by atoms with Crippen LogP contribution in [0.3, 0.4) is 0 Å². The molecular weight excluding hydrogens is 430 g/mol. The summed E-state index contributed by atoms with van der Waals surface area (Å²) in [5, 5.41) is 11.2. The van der Waals surface area contributed by atoms with Crippen LogP contribution in [-0.4, -0.2) is 52.7 Å². The Kier molecular flexibility index (Phi) is 6.90. The summed E-state index contributed by atoms with van der Waals surface area (Å²) in [6.45, 7) is 4.88.